The zero-order chi connectivity index (χ0) is 10.2. The van der Waals surface area contributed by atoms with Crippen LogP contribution in [0.4, 0.5) is 0 Å². The molecule has 1 nitrogen and oxygen atoms in total. The van der Waals surface area contributed by atoms with E-state index in [1.807, 2.05) is 0 Å². The molecule has 1 heterocycles. The third kappa shape index (κ3) is 1.60. The molecule has 0 amide bonds. The van der Waals surface area contributed by atoms with Crippen molar-refractivity contribution in [2.45, 2.75) is 44.4 Å². The van der Waals surface area contributed by atoms with Gasteiger partial charge in [-0.05, 0) is 45.1 Å². The minimum Gasteiger partial charge on any atom is -0.348 e. The Balaban J connectivity index is 2.17. The highest BCUT2D eigenvalue weighted by Gasteiger charge is 2.36. The van der Waals surface area contributed by atoms with Gasteiger partial charge in [-0.2, -0.15) is 11.8 Å². The maximum Gasteiger partial charge on any atom is 0.0372 e. The van der Waals surface area contributed by atoms with Crippen LogP contribution < -0.4 is 0 Å². The van der Waals surface area contributed by atoms with Crippen molar-refractivity contribution in [2.75, 3.05) is 6.26 Å². The van der Waals surface area contributed by atoms with Crippen LogP contribution in [0.3, 0.4) is 0 Å². The van der Waals surface area contributed by atoms with Gasteiger partial charge in [-0.1, -0.05) is 6.42 Å². The summed E-state index contributed by atoms with van der Waals surface area (Å²) in [7, 11) is 0. The monoisotopic (exact) mass is 209 g/mol. The lowest BCUT2D eigenvalue weighted by Gasteiger charge is -2.41. The lowest BCUT2D eigenvalue weighted by atomic mass is 9.84. The molecule has 2 heteroatoms. The van der Waals surface area contributed by atoms with Crippen LogP contribution >= 0.6 is 11.8 Å². The molecule has 1 aromatic heterocycles. The van der Waals surface area contributed by atoms with E-state index >= 15 is 0 Å². The van der Waals surface area contributed by atoms with E-state index in [1.54, 1.807) is 0 Å². The quantitative estimate of drug-likeness (QED) is 0.738. The number of hydrogen-bond acceptors (Lipinski definition) is 1. The first kappa shape index (κ1) is 10.2. The van der Waals surface area contributed by atoms with Crippen LogP contribution in [0.25, 0.3) is 0 Å². The van der Waals surface area contributed by atoms with Crippen LogP contribution in [0.1, 0.15) is 30.7 Å². The largest absolute Gasteiger partial charge is 0.348 e. The predicted molar refractivity (Wildman–Crippen MR) is 64.0 cm³/mol. The molecular formula is C12H19NS. The van der Waals surface area contributed by atoms with E-state index in [9.17, 15) is 0 Å². The lowest BCUT2D eigenvalue weighted by Crippen LogP contribution is -2.38. The second-order valence-corrected chi connectivity index (χ2v) is 5.72. The average Bonchev–Trinajstić information content (AvgIpc) is 2.41. The van der Waals surface area contributed by atoms with Crippen LogP contribution in [0, 0.1) is 13.8 Å². The van der Waals surface area contributed by atoms with Gasteiger partial charge in [-0.3, -0.25) is 0 Å². The van der Waals surface area contributed by atoms with Crippen molar-refractivity contribution >= 4 is 11.8 Å². The number of nitrogens with zero attached hydrogens (tertiary/aromatic N) is 1. The maximum absolute atomic E-state index is 2.47. The Hall–Kier alpha value is -0.370. The molecule has 0 N–H and O–H groups in total. The minimum absolute atomic E-state index is 0.550. The molecule has 1 aliphatic rings. The second-order valence-electron chi connectivity index (χ2n) is 4.44. The van der Waals surface area contributed by atoms with Gasteiger partial charge in [0.2, 0.25) is 0 Å². The Bertz CT molecular complexity index is 298. The van der Waals surface area contributed by atoms with Gasteiger partial charge >= 0.3 is 0 Å². The molecule has 1 saturated carbocycles. The summed E-state index contributed by atoms with van der Waals surface area (Å²) < 4.78 is 3.02. The van der Waals surface area contributed by atoms with Gasteiger partial charge in [0.1, 0.15) is 0 Å². The molecular weight excluding hydrogens is 190 g/mol. The zero-order valence-corrected chi connectivity index (χ0v) is 10.2. The summed E-state index contributed by atoms with van der Waals surface area (Å²) >= 11 is 2.05. The fourth-order valence-corrected chi connectivity index (χ4v) is 3.19. The fourth-order valence-electron chi connectivity index (χ4n) is 2.23. The Morgan fingerprint density at radius 3 is 2.21 bits per heavy atom. The molecule has 1 aromatic rings. The third-order valence-electron chi connectivity index (χ3n) is 3.56. The van der Waals surface area contributed by atoms with Crippen molar-refractivity contribution < 1.29 is 0 Å². The molecule has 1 fully saturated rings. The Morgan fingerprint density at radius 1 is 1.29 bits per heavy atom. The van der Waals surface area contributed by atoms with Gasteiger partial charge in [-0.25, -0.2) is 0 Å². The maximum atomic E-state index is 2.47. The normalized spacial score (nSPS) is 19.4. The van der Waals surface area contributed by atoms with Gasteiger partial charge in [0.25, 0.3) is 0 Å². The first-order valence-electron chi connectivity index (χ1n) is 5.35. The number of aromatic nitrogens is 1. The van der Waals surface area contributed by atoms with Gasteiger partial charge in [0, 0.05) is 22.7 Å². The van der Waals surface area contributed by atoms with Crippen LogP contribution in [-0.2, 0) is 6.54 Å². The zero-order valence-electron chi connectivity index (χ0n) is 9.34. The van der Waals surface area contributed by atoms with Crippen molar-refractivity contribution in [3.8, 4) is 0 Å². The number of hydrogen-bond donors (Lipinski definition) is 0. The van der Waals surface area contributed by atoms with E-state index in [0.717, 1.165) is 0 Å². The fraction of sp³-hybridized carbons (Fsp3) is 0.667. The molecule has 0 bridgehead atoms. The van der Waals surface area contributed by atoms with Crippen molar-refractivity contribution in [1.82, 2.24) is 4.57 Å². The van der Waals surface area contributed by atoms with Crippen molar-refractivity contribution in [3.05, 3.63) is 23.5 Å². The standard InChI is InChI=1S/C12H19NS/c1-10-5-6-11(2)13(10)9-12(14-3)7-4-8-12/h5-6H,4,7-9H2,1-3H3. The van der Waals surface area contributed by atoms with E-state index < -0.39 is 0 Å². The van der Waals surface area contributed by atoms with Crippen LogP contribution in [0.2, 0.25) is 0 Å². The topological polar surface area (TPSA) is 4.93 Å². The first-order chi connectivity index (χ1) is 6.67. The van der Waals surface area contributed by atoms with E-state index in [1.165, 1.54) is 37.2 Å². The minimum atomic E-state index is 0.550. The highest BCUT2D eigenvalue weighted by Crippen LogP contribution is 2.44. The van der Waals surface area contributed by atoms with E-state index in [2.05, 4.69) is 48.6 Å². The Kier molecular flexibility index (Phi) is 2.65. The van der Waals surface area contributed by atoms with Crippen LogP contribution in [0.15, 0.2) is 12.1 Å². The predicted octanol–water partition coefficient (Wildman–Crippen LogP) is 3.39. The molecule has 2 rings (SSSR count). The Labute approximate surface area is 90.9 Å². The highest BCUT2D eigenvalue weighted by atomic mass is 32.2. The summed E-state index contributed by atoms with van der Waals surface area (Å²) in [4.78, 5) is 0. The molecule has 0 unspecified atom stereocenters. The summed E-state index contributed by atoms with van der Waals surface area (Å²) in [5.41, 5.74) is 2.81. The summed E-state index contributed by atoms with van der Waals surface area (Å²) in [6.45, 7) is 5.62. The van der Waals surface area contributed by atoms with E-state index in [4.69, 9.17) is 0 Å². The molecule has 0 spiro atoms. The number of rotatable bonds is 3. The van der Waals surface area contributed by atoms with Gasteiger partial charge < -0.3 is 4.57 Å². The summed E-state index contributed by atoms with van der Waals surface area (Å²) in [5.74, 6) is 0. The molecule has 14 heavy (non-hydrogen) atoms. The third-order valence-corrected chi connectivity index (χ3v) is 4.96. The number of thioether (sulfide) groups is 1. The lowest BCUT2D eigenvalue weighted by molar-refractivity contribution is 0.318. The van der Waals surface area contributed by atoms with Crippen LogP contribution in [0.5, 0.6) is 0 Å². The molecule has 0 saturated heterocycles. The molecule has 0 aromatic carbocycles. The van der Waals surface area contributed by atoms with E-state index in [-0.39, 0.29) is 0 Å². The first-order valence-corrected chi connectivity index (χ1v) is 6.57. The molecule has 1 aliphatic carbocycles. The van der Waals surface area contributed by atoms with Crippen molar-refractivity contribution in [1.29, 1.82) is 0 Å². The summed E-state index contributed by atoms with van der Waals surface area (Å²) in [6, 6.07) is 4.45. The summed E-state index contributed by atoms with van der Waals surface area (Å²) in [6.07, 6.45) is 6.46. The second kappa shape index (κ2) is 3.65. The van der Waals surface area contributed by atoms with E-state index in [0.29, 0.717) is 4.75 Å². The van der Waals surface area contributed by atoms with Crippen molar-refractivity contribution in [2.24, 2.45) is 0 Å². The Morgan fingerprint density at radius 2 is 1.86 bits per heavy atom. The van der Waals surface area contributed by atoms with Gasteiger partial charge in [-0.15, -0.1) is 0 Å². The summed E-state index contributed by atoms with van der Waals surface area (Å²) in [5, 5.41) is 0. The van der Waals surface area contributed by atoms with Gasteiger partial charge in [0.05, 0.1) is 0 Å². The number of aryl methyl sites for hydroxylation is 2. The molecule has 0 aliphatic heterocycles. The molecule has 0 radical (unpaired) electrons. The average molecular weight is 209 g/mol. The SMILES string of the molecule is CSC1(Cn2c(C)ccc2C)CCC1. The highest BCUT2D eigenvalue weighted by molar-refractivity contribution is 8.00. The van der Waals surface area contributed by atoms with Gasteiger partial charge in [0.15, 0.2) is 0 Å². The molecule has 78 valence electrons. The van der Waals surface area contributed by atoms with Crippen LogP contribution in [-0.4, -0.2) is 15.6 Å². The smallest absolute Gasteiger partial charge is 0.0372 e. The van der Waals surface area contributed by atoms with Crippen molar-refractivity contribution in [3.63, 3.8) is 0 Å². The molecule has 0 atom stereocenters.